The van der Waals surface area contributed by atoms with E-state index in [4.69, 9.17) is 11.6 Å². The molecular formula is C12H18Cl2N2O2S. The van der Waals surface area contributed by atoms with Crippen molar-refractivity contribution in [3.05, 3.63) is 28.8 Å². The number of rotatable bonds is 2. The van der Waals surface area contributed by atoms with Crippen LogP contribution in [0.4, 0.5) is 0 Å². The first-order chi connectivity index (χ1) is 8.43. The third kappa shape index (κ3) is 3.41. The van der Waals surface area contributed by atoms with Crippen LogP contribution in [0.25, 0.3) is 0 Å². The van der Waals surface area contributed by atoms with E-state index in [2.05, 4.69) is 5.32 Å². The second-order valence-electron chi connectivity index (χ2n) is 4.58. The van der Waals surface area contributed by atoms with Gasteiger partial charge in [0, 0.05) is 30.7 Å². The van der Waals surface area contributed by atoms with E-state index >= 15 is 0 Å². The Morgan fingerprint density at radius 2 is 2.11 bits per heavy atom. The monoisotopic (exact) mass is 324 g/mol. The van der Waals surface area contributed by atoms with Gasteiger partial charge < -0.3 is 5.32 Å². The van der Waals surface area contributed by atoms with Crippen LogP contribution < -0.4 is 5.32 Å². The van der Waals surface area contributed by atoms with Crippen molar-refractivity contribution in [1.29, 1.82) is 0 Å². The highest BCUT2D eigenvalue weighted by atomic mass is 35.5. The zero-order valence-electron chi connectivity index (χ0n) is 10.9. The smallest absolute Gasteiger partial charge is 0.243 e. The molecule has 0 amide bonds. The molecule has 1 N–H and O–H groups in total. The van der Waals surface area contributed by atoms with Gasteiger partial charge in [-0.1, -0.05) is 17.7 Å². The summed E-state index contributed by atoms with van der Waals surface area (Å²) in [5.41, 5.74) is 0.727. The van der Waals surface area contributed by atoms with Gasteiger partial charge in [-0.15, -0.1) is 12.4 Å². The Kier molecular flexibility index (Phi) is 5.65. The predicted molar refractivity (Wildman–Crippen MR) is 79.7 cm³/mol. The summed E-state index contributed by atoms with van der Waals surface area (Å²) in [7, 11) is -3.46. The van der Waals surface area contributed by atoms with Gasteiger partial charge in [0.25, 0.3) is 0 Å². The normalized spacial score (nSPS) is 20.9. The zero-order valence-corrected chi connectivity index (χ0v) is 13.3. The Morgan fingerprint density at radius 3 is 2.74 bits per heavy atom. The standard InChI is InChI=1S/C12H17ClN2O2S.ClH/c1-9-3-4-11(13)7-12(9)18(16,17)15-6-5-14-8-10(15)2;/h3-4,7,10,14H,5-6,8H2,1-2H3;1H. The van der Waals surface area contributed by atoms with Gasteiger partial charge in [0.15, 0.2) is 0 Å². The Hall–Kier alpha value is -0.330. The summed E-state index contributed by atoms with van der Waals surface area (Å²) < 4.78 is 26.8. The van der Waals surface area contributed by atoms with Crippen molar-refractivity contribution in [2.24, 2.45) is 0 Å². The van der Waals surface area contributed by atoms with Crippen LogP contribution in [-0.4, -0.2) is 38.4 Å². The number of halogens is 2. The first-order valence-corrected chi connectivity index (χ1v) is 7.73. The van der Waals surface area contributed by atoms with Crippen molar-refractivity contribution in [1.82, 2.24) is 9.62 Å². The van der Waals surface area contributed by atoms with Crippen molar-refractivity contribution in [3.63, 3.8) is 0 Å². The molecule has 1 saturated heterocycles. The molecule has 19 heavy (non-hydrogen) atoms. The van der Waals surface area contributed by atoms with Gasteiger partial charge in [0.2, 0.25) is 10.0 Å². The van der Waals surface area contributed by atoms with Gasteiger partial charge in [-0.2, -0.15) is 4.31 Å². The van der Waals surface area contributed by atoms with Gasteiger partial charge in [0.05, 0.1) is 4.90 Å². The highest BCUT2D eigenvalue weighted by molar-refractivity contribution is 7.89. The fourth-order valence-electron chi connectivity index (χ4n) is 2.16. The van der Waals surface area contributed by atoms with E-state index in [1.165, 1.54) is 6.07 Å². The minimum absolute atomic E-state index is 0. The second-order valence-corrected chi connectivity index (χ2v) is 6.87. The molecule has 1 unspecified atom stereocenters. The van der Waals surface area contributed by atoms with Crippen LogP contribution in [0.1, 0.15) is 12.5 Å². The number of hydrogen-bond acceptors (Lipinski definition) is 3. The van der Waals surface area contributed by atoms with Gasteiger partial charge >= 0.3 is 0 Å². The molecule has 7 heteroatoms. The molecule has 0 spiro atoms. The molecule has 0 aliphatic carbocycles. The van der Waals surface area contributed by atoms with E-state index in [1.807, 2.05) is 6.92 Å². The summed E-state index contributed by atoms with van der Waals surface area (Å²) in [6, 6.07) is 4.93. The van der Waals surface area contributed by atoms with Crippen LogP contribution in [-0.2, 0) is 10.0 Å². The van der Waals surface area contributed by atoms with Crippen LogP contribution in [0.2, 0.25) is 5.02 Å². The Labute approximate surface area is 125 Å². The average Bonchev–Trinajstić information content (AvgIpc) is 2.32. The highest BCUT2D eigenvalue weighted by Gasteiger charge is 2.31. The summed E-state index contributed by atoms with van der Waals surface area (Å²) in [5.74, 6) is 0. The SMILES string of the molecule is Cc1ccc(Cl)cc1S(=O)(=O)N1CCNCC1C.Cl. The summed E-state index contributed by atoms with van der Waals surface area (Å²) >= 11 is 5.90. The summed E-state index contributed by atoms with van der Waals surface area (Å²) in [5, 5.41) is 3.63. The highest BCUT2D eigenvalue weighted by Crippen LogP contribution is 2.25. The van der Waals surface area contributed by atoms with E-state index in [-0.39, 0.29) is 18.4 Å². The lowest BCUT2D eigenvalue weighted by molar-refractivity contribution is 0.283. The van der Waals surface area contributed by atoms with Crippen LogP contribution in [0.3, 0.4) is 0 Å². The fourth-order valence-corrected chi connectivity index (χ4v) is 4.28. The van der Waals surface area contributed by atoms with Crippen molar-refractivity contribution >= 4 is 34.0 Å². The van der Waals surface area contributed by atoms with Gasteiger partial charge in [-0.3, -0.25) is 0 Å². The summed E-state index contributed by atoms with van der Waals surface area (Å²) in [4.78, 5) is 0.309. The molecule has 2 rings (SSSR count). The lowest BCUT2D eigenvalue weighted by Crippen LogP contribution is -2.52. The van der Waals surface area contributed by atoms with Crippen molar-refractivity contribution < 1.29 is 8.42 Å². The molecule has 1 atom stereocenters. The van der Waals surface area contributed by atoms with E-state index in [0.717, 1.165) is 5.56 Å². The van der Waals surface area contributed by atoms with Crippen LogP contribution in [0.5, 0.6) is 0 Å². The Balaban J connectivity index is 0.00000180. The molecule has 1 heterocycles. The largest absolute Gasteiger partial charge is 0.314 e. The Bertz CT molecular complexity index is 549. The van der Waals surface area contributed by atoms with E-state index < -0.39 is 10.0 Å². The third-order valence-electron chi connectivity index (χ3n) is 3.18. The number of nitrogens with zero attached hydrogens (tertiary/aromatic N) is 1. The van der Waals surface area contributed by atoms with Crippen molar-refractivity contribution in [3.8, 4) is 0 Å². The molecule has 0 bridgehead atoms. The zero-order chi connectivity index (χ0) is 13.3. The van der Waals surface area contributed by atoms with E-state index in [0.29, 0.717) is 29.6 Å². The minimum atomic E-state index is -3.46. The van der Waals surface area contributed by atoms with E-state index in [1.54, 1.807) is 23.4 Å². The van der Waals surface area contributed by atoms with Crippen molar-refractivity contribution in [2.75, 3.05) is 19.6 Å². The molecule has 1 aliphatic heterocycles. The van der Waals surface area contributed by atoms with Gasteiger partial charge in [-0.05, 0) is 31.5 Å². The van der Waals surface area contributed by atoms with Crippen LogP contribution >= 0.6 is 24.0 Å². The molecule has 0 radical (unpaired) electrons. The second kappa shape index (κ2) is 6.41. The molecule has 1 aromatic carbocycles. The van der Waals surface area contributed by atoms with Gasteiger partial charge in [-0.25, -0.2) is 8.42 Å². The van der Waals surface area contributed by atoms with Gasteiger partial charge in [0.1, 0.15) is 0 Å². The maximum Gasteiger partial charge on any atom is 0.243 e. The molecule has 0 aromatic heterocycles. The number of hydrogen-bond donors (Lipinski definition) is 1. The summed E-state index contributed by atoms with van der Waals surface area (Å²) in [6.45, 7) is 5.55. The maximum atomic E-state index is 12.6. The first kappa shape index (κ1) is 16.7. The van der Waals surface area contributed by atoms with Crippen LogP contribution in [0.15, 0.2) is 23.1 Å². The number of nitrogens with one attached hydrogen (secondary N) is 1. The maximum absolute atomic E-state index is 12.6. The third-order valence-corrected chi connectivity index (χ3v) is 5.57. The lowest BCUT2D eigenvalue weighted by atomic mass is 10.2. The molecule has 1 aliphatic rings. The number of aryl methyl sites for hydroxylation is 1. The molecule has 1 fully saturated rings. The molecular weight excluding hydrogens is 307 g/mol. The lowest BCUT2D eigenvalue weighted by Gasteiger charge is -2.33. The van der Waals surface area contributed by atoms with Crippen molar-refractivity contribution in [2.45, 2.75) is 24.8 Å². The molecule has 0 saturated carbocycles. The van der Waals surface area contributed by atoms with Crippen LogP contribution in [0, 0.1) is 6.92 Å². The minimum Gasteiger partial charge on any atom is -0.314 e. The fraction of sp³-hybridized carbons (Fsp3) is 0.500. The molecule has 108 valence electrons. The Morgan fingerprint density at radius 1 is 1.42 bits per heavy atom. The summed E-state index contributed by atoms with van der Waals surface area (Å²) in [6.07, 6.45) is 0. The first-order valence-electron chi connectivity index (χ1n) is 5.91. The number of piperazine rings is 1. The van der Waals surface area contributed by atoms with E-state index in [9.17, 15) is 8.42 Å². The number of sulfonamides is 1. The molecule has 4 nitrogen and oxygen atoms in total. The quantitative estimate of drug-likeness (QED) is 0.905. The number of benzene rings is 1. The molecule has 1 aromatic rings. The average molecular weight is 325 g/mol. The predicted octanol–water partition coefficient (Wildman–Crippen LogP) is 2.05. The topological polar surface area (TPSA) is 49.4 Å².